The maximum absolute atomic E-state index is 5.89. The summed E-state index contributed by atoms with van der Waals surface area (Å²) in [5.41, 5.74) is 12.6. The molecule has 1 aromatic carbocycles. The van der Waals surface area contributed by atoms with Crippen LogP contribution in [-0.4, -0.2) is 9.97 Å². The number of nitrogens with zero attached hydrogens (tertiary/aromatic N) is 1. The Bertz CT molecular complexity index is 702. The van der Waals surface area contributed by atoms with Gasteiger partial charge < -0.3 is 11.1 Å². The summed E-state index contributed by atoms with van der Waals surface area (Å²) in [5.74, 6) is 0.778. The van der Waals surface area contributed by atoms with E-state index in [0.29, 0.717) is 4.99 Å². The molecule has 108 valence electrons. The fourth-order valence-corrected chi connectivity index (χ4v) is 3.04. The Labute approximate surface area is 130 Å². The summed E-state index contributed by atoms with van der Waals surface area (Å²) in [6.45, 7) is 4.17. The van der Waals surface area contributed by atoms with Gasteiger partial charge in [-0.1, -0.05) is 30.4 Å². The number of hydrogen-bond acceptors (Lipinski definition) is 3. The highest BCUT2D eigenvalue weighted by Gasteiger charge is 2.18. The third kappa shape index (κ3) is 2.63. The van der Waals surface area contributed by atoms with Crippen LogP contribution in [0.2, 0.25) is 0 Å². The van der Waals surface area contributed by atoms with Crippen molar-refractivity contribution in [2.75, 3.05) is 5.32 Å². The number of benzene rings is 1. The number of anilines is 2. The van der Waals surface area contributed by atoms with Crippen molar-refractivity contribution >= 4 is 28.7 Å². The summed E-state index contributed by atoms with van der Waals surface area (Å²) in [4.78, 5) is 5.17. The van der Waals surface area contributed by atoms with Gasteiger partial charge in [0.25, 0.3) is 0 Å². The Balaban J connectivity index is 2.08. The van der Waals surface area contributed by atoms with E-state index < -0.39 is 0 Å². The van der Waals surface area contributed by atoms with Gasteiger partial charge in [0.1, 0.15) is 10.8 Å². The van der Waals surface area contributed by atoms with E-state index in [1.807, 2.05) is 0 Å². The fraction of sp³-hybridized carbons (Fsp3) is 0.294. The summed E-state index contributed by atoms with van der Waals surface area (Å²) in [7, 11) is 0. The lowest BCUT2D eigenvalue weighted by atomic mass is 10.1. The van der Waals surface area contributed by atoms with Crippen molar-refractivity contribution in [3.63, 3.8) is 0 Å². The van der Waals surface area contributed by atoms with Gasteiger partial charge in [-0.3, -0.25) is 0 Å². The van der Waals surface area contributed by atoms with Gasteiger partial charge in [0.15, 0.2) is 0 Å². The smallest absolute Gasteiger partial charge is 0.140 e. The summed E-state index contributed by atoms with van der Waals surface area (Å²) in [6.07, 6.45) is 3.27. The summed E-state index contributed by atoms with van der Waals surface area (Å²) < 4.78 is 0. The minimum atomic E-state index is 0.394. The number of fused-ring (bicyclic) bond motifs is 1. The molecular weight excluding hydrogens is 278 g/mol. The second-order valence-electron chi connectivity index (χ2n) is 5.60. The molecule has 0 aliphatic heterocycles. The number of hydrogen-bond donors (Lipinski definition) is 2. The number of pyridine rings is 1. The molecule has 0 spiro atoms. The predicted molar refractivity (Wildman–Crippen MR) is 91.3 cm³/mol. The van der Waals surface area contributed by atoms with E-state index in [2.05, 4.69) is 43.4 Å². The first-order valence-electron chi connectivity index (χ1n) is 7.22. The molecule has 0 radical (unpaired) electrons. The average Bonchev–Trinajstić information content (AvgIpc) is 2.89. The standard InChI is InChI=1S/C17H19N3S/c1-10-5-3-6-11(2)15(10)20-17-13(16(18)21)9-12-7-4-8-14(12)19-17/h3,5-6,9H,4,7-8H2,1-2H3,(H2,18,21)(H,19,20). The molecule has 1 aliphatic rings. The highest BCUT2D eigenvalue weighted by atomic mass is 32.1. The quantitative estimate of drug-likeness (QED) is 0.851. The second-order valence-corrected chi connectivity index (χ2v) is 6.04. The van der Waals surface area contributed by atoms with Crippen LogP contribution >= 0.6 is 12.2 Å². The number of aryl methyl sites for hydroxylation is 4. The molecule has 0 saturated carbocycles. The van der Waals surface area contributed by atoms with E-state index in [0.717, 1.165) is 36.3 Å². The molecule has 1 heterocycles. The van der Waals surface area contributed by atoms with Crippen LogP contribution in [-0.2, 0) is 12.8 Å². The molecule has 3 nitrogen and oxygen atoms in total. The fourth-order valence-electron chi connectivity index (χ4n) is 2.89. The first kappa shape index (κ1) is 14.0. The Morgan fingerprint density at radius 1 is 1.24 bits per heavy atom. The van der Waals surface area contributed by atoms with Crippen LogP contribution in [0.25, 0.3) is 0 Å². The number of thiocarbonyl (C=S) groups is 1. The zero-order chi connectivity index (χ0) is 15.0. The Hall–Kier alpha value is -1.94. The van der Waals surface area contributed by atoms with Crippen LogP contribution in [0.4, 0.5) is 11.5 Å². The van der Waals surface area contributed by atoms with Crippen molar-refractivity contribution in [3.8, 4) is 0 Å². The monoisotopic (exact) mass is 297 g/mol. The number of aromatic nitrogens is 1. The van der Waals surface area contributed by atoms with Crippen LogP contribution in [0.15, 0.2) is 24.3 Å². The minimum absolute atomic E-state index is 0.394. The lowest BCUT2D eigenvalue weighted by Gasteiger charge is -2.16. The summed E-state index contributed by atoms with van der Waals surface area (Å²) in [6, 6.07) is 8.33. The van der Waals surface area contributed by atoms with E-state index in [4.69, 9.17) is 22.9 Å². The van der Waals surface area contributed by atoms with Crippen LogP contribution in [0.5, 0.6) is 0 Å². The highest BCUT2D eigenvalue weighted by Crippen LogP contribution is 2.29. The molecule has 0 amide bonds. The maximum Gasteiger partial charge on any atom is 0.140 e. The van der Waals surface area contributed by atoms with Crippen molar-refractivity contribution in [2.45, 2.75) is 33.1 Å². The molecule has 2 aromatic rings. The molecule has 0 bridgehead atoms. The number of para-hydroxylation sites is 1. The SMILES string of the molecule is Cc1cccc(C)c1Nc1nc2c(cc1C(N)=S)CCC2. The van der Waals surface area contributed by atoms with Crippen LogP contribution in [0, 0.1) is 13.8 Å². The lowest BCUT2D eigenvalue weighted by Crippen LogP contribution is -2.15. The van der Waals surface area contributed by atoms with Crippen LogP contribution < -0.4 is 11.1 Å². The lowest BCUT2D eigenvalue weighted by molar-refractivity contribution is 0.900. The van der Waals surface area contributed by atoms with Gasteiger partial charge in [0.05, 0.1) is 5.56 Å². The normalized spacial score (nSPS) is 13.0. The molecule has 0 fully saturated rings. The molecule has 1 aromatic heterocycles. The van der Waals surface area contributed by atoms with E-state index in [1.165, 1.54) is 22.4 Å². The molecule has 0 atom stereocenters. The van der Waals surface area contributed by atoms with E-state index in [9.17, 15) is 0 Å². The third-order valence-electron chi connectivity index (χ3n) is 4.04. The highest BCUT2D eigenvalue weighted by molar-refractivity contribution is 7.80. The van der Waals surface area contributed by atoms with Gasteiger partial charge >= 0.3 is 0 Å². The van der Waals surface area contributed by atoms with Crippen molar-refractivity contribution in [1.29, 1.82) is 0 Å². The van der Waals surface area contributed by atoms with Crippen molar-refractivity contribution in [3.05, 3.63) is 52.2 Å². The van der Waals surface area contributed by atoms with Crippen molar-refractivity contribution in [1.82, 2.24) is 4.98 Å². The average molecular weight is 297 g/mol. The van der Waals surface area contributed by atoms with Gasteiger partial charge in [-0.05, 0) is 55.9 Å². The molecule has 21 heavy (non-hydrogen) atoms. The van der Waals surface area contributed by atoms with E-state index in [-0.39, 0.29) is 0 Å². The first-order chi connectivity index (χ1) is 10.1. The second kappa shape index (κ2) is 5.45. The van der Waals surface area contributed by atoms with Gasteiger partial charge in [0, 0.05) is 11.4 Å². The molecule has 0 unspecified atom stereocenters. The Morgan fingerprint density at radius 3 is 2.62 bits per heavy atom. The number of nitrogens with two attached hydrogens (primary N) is 1. The van der Waals surface area contributed by atoms with E-state index >= 15 is 0 Å². The molecule has 1 aliphatic carbocycles. The van der Waals surface area contributed by atoms with Gasteiger partial charge in [-0.25, -0.2) is 4.98 Å². The van der Waals surface area contributed by atoms with Gasteiger partial charge in [0.2, 0.25) is 0 Å². The minimum Gasteiger partial charge on any atom is -0.389 e. The molecule has 3 rings (SSSR count). The zero-order valence-corrected chi connectivity index (χ0v) is 13.2. The Kier molecular flexibility index (Phi) is 3.64. The van der Waals surface area contributed by atoms with Crippen molar-refractivity contribution in [2.24, 2.45) is 5.73 Å². The Morgan fingerprint density at radius 2 is 1.95 bits per heavy atom. The topological polar surface area (TPSA) is 50.9 Å². The molecule has 3 N–H and O–H groups in total. The van der Waals surface area contributed by atoms with E-state index in [1.54, 1.807) is 0 Å². The molecular formula is C17H19N3S. The molecule has 0 saturated heterocycles. The third-order valence-corrected chi connectivity index (χ3v) is 4.26. The predicted octanol–water partition coefficient (Wildman–Crippen LogP) is 3.56. The van der Waals surface area contributed by atoms with Gasteiger partial charge in [-0.2, -0.15) is 0 Å². The molecule has 4 heteroatoms. The number of nitrogens with one attached hydrogen (secondary N) is 1. The summed E-state index contributed by atoms with van der Waals surface area (Å²) in [5, 5.41) is 3.44. The summed E-state index contributed by atoms with van der Waals surface area (Å²) >= 11 is 5.20. The first-order valence-corrected chi connectivity index (χ1v) is 7.63. The maximum atomic E-state index is 5.89. The van der Waals surface area contributed by atoms with Crippen molar-refractivity contribution < 1.29 is 0 Å². The largest absolute Gasteiger partial charge is 0.389 e. The number of rotatable bonds is 3. The van der Waals surface area contributed by atoms with Crippen LogP contribution in [0.3, 0.4) is 0 Å². The van der Waals surface area contributed by atoms with Gasteiger partial charge in [-0.15, -0.1) is 0 Å². The van der Waals surface area contributed by atoms with Crippen LogP contribution in [0.1, 0.15) is 34.4 Å². The zero-order valence-electron chi connectivity index (χ0n) is 12.4.